The van der Waals surface area contributed by atoms with Crippen molar-refractivity contribution in [3.05, 3.63) is 16.8 Å². The number of hydrogen-bond donors (Lipinski definition) is 2. The lowest BCUT2D eigenvalue weighted by molar-refractivity contribution is -0.123. The van der Waals surface area contributed by atoms with Gasteiger partial charge in [0.2, 0.25) is 5.91 Å². The Hall–Kier alpha value is -1.24. The van der Waals surface area contributed by atoms with E-state index in [1.807, 2.05) is 20.8 Å². The van der Waals surface area contributed by atoms with E-state index in [0.717, 1.165) is 12.8 Å². The number of rotatable bonds is 5. The molecule has 0 bridgehead atoms. The monoisotopic (exact) mass is 312 g/mol. The molecule has 0 unspecified atom stereocenters. The van der Waals surface area contributed by atoms with E-state index in [-0.39, 0.29) is 17.1 Å². The van der Waals surface area contributed by atoms with Crippen molar-refractivity contribution in [2.45, 2.75) is 45.8 Å². The lowest BCUT2D eigenvalue weighted by Gasteiger charge is -2.18. The van der Waals surface area contributed by atoms with Crippen LogP contribution in [0.2, 0.25) is 5.15 Å². The zero-order chi connectivity index (χ0) is 15.6. The summed E-state index contributed by atoms with van der Waals surface area (Å²) in [6.45, 7) is 5.84. The summed E-state index contributed by atoms with van der Waals surface area (Å²) in [4.78, 5) is 12.0. The van der Waals surface area contributed by atoms with Crippen LogP contribution in [0.1, 0.15) is 45.2 Å². The first-order valence-corrected chi connectivity index (χ1v) is 7.37. The molecule has 1 fully saturated rings. The van der Waals surface area contributed by atoms with Gasteiger partial charge in [-0.1, -0.05) is 32.4 Å². The summed E-state index contributed by atoms with van der Waals surface area (Å²) < 4.78 is 5.58. The highest BCUT2D eigenvalue weighted by Crippen LogP contribution is 2.27. The maximum absolute atomic E-state index is 12.0. The van der Waals surface area contributed by atoms with Gasteiger partial charge in [0.25, 0.3) is 0 Å². The summed E-state index contributed by atoms with van der Waals surface area (Å²) in [5.74, 6) is 0.198. The Bertz CT molecular complexity index is 526. The van der Waals surface area contributed by atoms with Gasteiger partial charge in [-0.2, -0.15) is 0 Å². The average molecular weight is 313 g/mol. The first kappa shape index (κ1) is 16.1. The topological polar surface area (TPSA) is 90.1 Å². The zero-order valence-electron chi connectivity index (χ0n) is 12.5. The van der Waals surface area contributed by atoms with E-state index < -0.39 is 5.41 Å². The minimum atomic E-state index is -0.515. The van der Waals surface area contributed by atoms with Crippen LogP contribution < -0.4 is 11.1 Å². The SMILES string of the molecule is CC(C)(C)C(=O)Nc1cc([C@H](N)COC2CC2)c(Cl)nn1. The molecule has 0 saturated heterocycles. The van der Waals surface area contributed by atoms with Gasteiger partial charge >= 0.3 is 0 Å². The summed E-state index contributed by atoms with van der Waals surface area (Å²) in [6, 6.07) is 1.26. The Kier molecular flexibility index (Phi) is 4.81. The number of nitrogens with one attached hydrogen (secondary N) is 1. The van der Waals surface area contributed by atoms with Crippen LogP contribution in [0.4, 0.5) is 5.82 Å². The minimum Gasteiger partial charge on any atom is -0.376 e. The molecule has 6 nitrogen and oxygen atoms in total. The second kappa shape index (κ2) is 6.25. The molecular weight excluding hydrogens is 292 g/mol. The second-order valence-corrected chi connectivity index (χ2v) is 6.68. The molecule has 116 valence electrons. The van der Waals surface area contributed by atoms with Crippen LogP contribution in [-0.2, 0) is 9.53 Å². The molecule has 1 aromatic rings. The van der Waals surface area contributed by atoms with E-state index in [2.05, 4.69) is 15.5 Å². The fourth-order valence-corrected chi connectivity index (χ4v) is 1.81. The number of carbonyl (C=O) groups is 1. The molecule has 3 N–H and O–H groups in total. The van der Waals surface area contributed by atoms with Crippen LogP contribution in [0, 0.1) is 5.41 Å². The van der Waals surface area contributed by atoms with E-state index in [0.29, 0.717) is 24.1 Å². The fourth-order valence-electron chi connectivity index (χ4n) is 1.58. The van der Waals surface area contributed by atoms with Gasteiger partial charge < -0.3 is 15.8 Å². The van der Waals surface area contributed by atoms with Crippen LogP contribution >= 0.6 is 11.6 Å². The van der Waals surface area contributed by atoms with Gasteiger partial charge in [0, 0.05) is 11.0 Å². The van der Waals surface area contributed by atoms with E-state index in [1.54, 1.807) is 6.07 Å². The fraction of sp³-hybridized carbons (Fsp3) is 0.643. The maximum atomic E-state index is 12.0. The Labute approximate surface area is 129 Å². The summed E-state index contributed by atoms with van der Waals surface area (Å²) in [7, 11) is 0. The number of aromatic nitrogens is 2. The summed E-state index contributed by atoms with van der Waals surface area (Å²) >= 11 is 6.03. The Morgan fingerprint density at radius 3 is 2.76 bits per heavy atom. The molecule has 1 amide bonds. The zero-order valence-corrected chi connectivity index (χ0v) is 13.3. The molecule has 2 rings (SSSR count). The number of hydrogen-bond acceptors (Lipinski definition) is 5. The summed E-state index contributed by atoms with van der Waals surface area (Å²) in [5, 5.41) is 10.7. The smallest absolute Gasteiger partial charge is 0.230 e. The van der Waals surface area contributed by atoms with Crippen molar-refractivity contribution in [3.63, 3.8) is 0 Å². The quantitative estimate of drug-likeness (QED) is 0.870. The number of halogens is 1. The van der Waals surface area contributed by atoms with E-state index >= 15 is 0 Å². The van der Waals surface area contributed by atoms with Gasteiger partial charge in [-0.15, -0.1) is 10.2 Å². The highest BCUT2D eigenvalue weighted by atomic mass is 35.5. The number of amides is 1. The molecular formula is C14H21ClN4O2. The standard InChI is InChI=1S/C14H21ClN4O2/c1-14(2,3)13(20)17-11-6-9(12(15)19-18-11)10(16)7-21-8-4-5-8/h6,8,10H,4-5,7,16H2,1-3H3,(H,17,18,20)/t10-/m1/s1. The predicted molar refractivity (Wildman–Crippen MR) is 81.0 cm³/mol. The lowest BCUT2D eigenvalue weighted by atomic mass is 9.96. The van der Waals surface area contributed by atoms with Crippen molar-refractivity contribution < 1.29 is 9.53 Å². The molecule has 1 aromatic heterocycles. The highest BCUT2D eigenvalue weighted by Gasteiger charge is 2.25. The number of ether oxygens (including phenoxy) is 1. The molecule has 0 aromatic carbocycles. The maximum Gasteiger partial charge on any atom is 0.230 e. The molecule has 0 aliphatic heterocycles. The van der Waals surface area contributed by atoms with Crippen molar-refractivity contribution in [2.24, 2.45) is 11.1 Å². The van der Waals surface area contributed by atoms with Gasteiger partial charge in [0.05, 0.1) is 18.8 Å². The number of nitrogens with zero attached hydrogens (tertiary/aromatic N) is 2. The molecule has 1 saturated carbocycles. The molecule has 0 radical (unpaired) electrons. The van der Waals surface area contributed by atoms with Crippen LogP contribution in [0.25, 0.3) is 0 Å². The molecule has 21 heavy (non-hydrogen) atoms. The molecule has 1 atom stereocenters. The highest BCUT2D eigenvalue weighted by molar-refractivity contribution is 6.30. The largest absolute Gasteiger partial charge is 0.376 e. The Balaban J connectivity index is 2.06. The molecule has 1 aliphatic carbocycles. The lowest BCUT2D eigenvalue weighted by Crippen LogP contribution is -2.28. The van der Waals surface area contributed by atoms with Crippen molar-refractivity contribution in [1.82, 2.24) is 10.2 Å². The molecule has 7 heteroatoms. The third-order valence-corrected chi connectivity index (χ3v) is 3.43. The first-order chi connectivity index (χ1) is 9.77. The van der Waals surface area contributed by atoms with E-state index in [4.69, 9.17) is 22.1 Å². The van der Waals surface area contributed by atoms with Crippen LogP contribution in [-0.4, -0.2) is 28.8 Å². The van der Waals surface area contributed by atoms with Crippen LogP contribution in [0.5, 0.6) is 0 Å². The Morgan fingerprint density at radius 1 is 1.52 bits per heavy atom. The van der Waals surface area contributed by atoms with E-state index in [9.17, 15) is 4.79 Å². The number of carbonyl (C=O) groups excluding carboxylic acids is 1. The van der Waals surface area contributed by atoms with Gasteiger partial charge in [0.1, 0.15) is 0 Å². The molecule has 1 aliphatic rings. The van der Waals surface area contributed by atoms with Crippen molar-refractivity contribution in [2.75, 3.05) is 11.9 Å². The third-order valence-electron chi connectivity index (χ3n) is 3.13. The first-order valence-electron chi connectivity index (χ1n) is 6.99. The average Bonchev–Trinajstić information content (AvgIpc) is 3.21. The Morgan fingerprint density at radius 2 is 2.19 bits per heavy atom. The van der Waals surface area contributed by atoms with Crippen molar-refractivity contribution in [1.29, 1.82) is 0 Å². The van der Waals surface area contributed by atoms with Crippen molar-refractivity contribution in [3.8, 4) is 0 Å². The number of anilines is 1. The normalized spacial score (nSPS) is 16.6. The summed E-state index contributed by atoms with van der Waals surface area (Å²) in [5.41, 5.74) is 6.17. The minimum absolute atomic E-state index is 0.145. The van der Waals surface area contributed by atoms with Gasteiger partial charge in [-0.3, -0.25) is 4.79 Å². The predicted octanol–water partition coefficient (Wildman–Crippen LogP) is 2.29. The number of nitrogens with two attached hydrogens (primary N) is 1. The second-order valence-electron chi connectivity index (χ2n) is 6.32. The van der Waals surface area contributed by atoms with Crippen LogP contribution in [0.3, 0.4) is 0 Å². The van der Waals surface area contributed by atoms with Gasteiger partial charge in [0.15, 0.2) is 11.0 Å². The van der Waals surface area contributed by atoms with E-state index in [1.165, 1.54) is 0 Å². The van der Waals surface area contributed by atoms with Gasteiger partial charge in [-0.25, -0.2) is 0 Å². The van der Waals surface area contributed by atoms with Gasteiger partial charge in [-0.05, 0) is 18.9 Å². The molecule has 0 spiro atoms. The molecule has 1 heterocycles. The summed E-state index contributed by atoms with van der Waals surface area (Å²) in [6.07, 6.45) is 2.49. The third kappa shape index (κ3) is 4.62. The van der Waals surface area contributed by atoms with Crippen molar-refractivity contribution >= 4 is 23.3 Å². The van der Waals surface area contributed by atoms with Crippen LogP contribution in [0.15, 0.2) is 6.07 Å².